The lowest BCUT2D eigenvalue weighted by Gasteiger charge is -2.14. The van der Waals surface area contributed by atoms with Crippen molar-refractivity contribution in [2.45, 2.75) is 13.8 Å². The molecule has 2 aromatic carbocycles. The molecule has 1 N–H and O–H groups in total. The average Bonchev–Trinajstić information content (AvgIpc) is 2.63. The van der Waals surface area contributed by atoms with E-state index in [0.29, 0.717) is 18.7 Å². The molecule has 2 aromatic rings. The van der Waals surface area contributed by atoms with Crippen LogP contribution in [0.4, 0.5) is 4.79 Å². The molecule has 0 saturated carbocycles. The van der Waals surface area contributed by atoms with Crippen molar-refractivity contribution in [2.75, 3.05) is 13.7 Å². The zero-order valence-corrected chi connectivity index (χ0v) is 14.7. The maximum absolute atomic E-state index is 11.8. The van der Waals surface area contributed by atoms with Crippen LogP contribution < -0.4 is 10.1 Å². The number of methoxy groups -OCH3 is 1. The van der Waals surface area contributed by atoms with Crippen LogP contribution in [-0.4, -0.2) is 31.0 Å². The molecular weight excluding hydrogens is 316 g/mol. The van der Waals surface area contributed by atoms with Gasteiger partial charge in [0.1, 0.15) is 5.75 Å². The number of ether oxygens (including phenoxy) is 1. The lowest BCUT2D eigenvalue weighted by Crippen LogP contribution is -2.37. The van der Waals surface area contributed by atoms with Gasteiger partial charge in [0, 0.05) is 12.2 Å². The fourth-order valence-corrected chi connectivity index (χ4v) is 2.35. The summed E-state index contributed by atoms with van der Waals surface area (Å²) in [5.41, 5.74) is 3.83. The maximum atomic E-state index is 11.8. The number of imide groups is 1. The van der Waals surface area contributed by atoms with E-state index in [9.17, 15) is 9.59 Å². The molecule has 0 aromatic heterocycles. The number of rotatable bonds is 6. The first-order chi connectivity index (χ1) is 12.1. The molecule has 0 spiro atoms. The Labute approximate surface area is 147 Å². The summed E-state index contributed by atoms with van der Waals surface area (Å²) in [6.07, 6.45) is 2.38. The first-order valence-electron chi connectivity index (χ1n) is 8.03. The Bertz CT molecular complexity index is 750. The van der Waals surface area contributed by atoms with Crippen molar-refractivity contribution in [1.82, 2.24) is 10.2 Å². The first kappa shape index (κ1) is 18.3. The number of nitrogens with one attached hydrogen (secondary N) is 1. The summed E-state index contributed by atoms with van der Waals surface area (Å²) in [6, 6.07) is 15.4. The van der Waals surface area contributed by atoms with Gasteiger partial charge in [0.2, 0.25) is 6.41 Å². The number of allylic oxidation sites excluding steroid dienone is 1. The molecule has 0 unspecified atom stereocenters. The summed E-state index contributed by atoms with van der Waals surface area (Å²) in [7, 11) is 1.64. The quantitative estimate of drug-likeness (QED) is 0.813. The lowest BCUT2D eigenvalue weighted by atomic mass is 10.0. The van der Waals surface area contributed by atoms with Crippen molar-refractivity contribution in [3.63, 3.8) is 0 Å². The molecule has 5 nitrogen and oxygen atoms in total. The van der Waals surface area contributed by atoms with Crippen LogP contribution in [0.15, 0.2) is 54.2 Å². The fourth-order valence-electron chi connectivity index (χ4n) is 2.35. The zero-order chi connectivity index (χ0) is 18.2. The summed E-state index contributed by atoms with van der Waals surface area (Å²) in [5, 5.41) is 2.69. The van der Waals surface area contributed by atoms with E-state index in [1.54, 1.807) is 21.0 Å². The second kappa shape index (κ2) is 8.68. The maximum Gasteiger partial charge on any atom is 0.328 e. The van der Waals surface area contributed by atoms with Crippen molar-refractivity contribution in [3.8, 4) is 16.9 Å². The van der Waals surface area contributed by atoms with Gasteiger partial charge >= 0.3 is 6.03 Å². The van der Waals surface area contributed by atoms with Gasteiger partial charge < -0.3 is 10.1 Å². The van der Waals surface area contributed by atoms with Crippen molar-refractivity contribution in [1.29, 1.82) is 0 Å². The van der Waals surface area contributed by atoms with Gasteiger partial charge in [-0.2, -0.15) is 0 Å². The van der Waals surface area contributed by atoms with Crippen LogP contribution in [0, 0.1) is 0 Å². The van der Waals surface area contributed by atoms with Gasteiger partial charge in [-0.05, 0) is 48.7 Å². The first-order valence-corrected chi connectivity index (χ1v) is 8.03. The molecule has 0 fully saturated rings. The predicted octanol–water partition coefficient (Wildman–Crippen LogP) is 3.91. The second-order valence-electron chi connectivity index (χ2n) is 5.50. The summed E-state index contributed by atoms with van der Waals surface area (Å²) in [6.45, 7) is 3.86. The summed E-state index contributed by atoms with van der Waals surface area (Å²) < 4.78 is 5.17. The van der Waals surface area contributed by atoms with E-state index in [1.807, 2.05) is 54.6 Å². The van der Waals surface area contributed by atoms with Gasteiger partial charge in [-0.15, -0.1) is 0 Å². The van der Waals surface area contributed by atoms with Crippen LogP contribution in [0.1, 0.15) is 19.4 Å². The highest BCUT2D eigenvalue weighted by Gasteiger charge is 2.09. The van der Waals surface area contributed by atoms with E-state index < -0.39 is 6.03 Å². The highest BCUT2D eigenvalue weighted by Crippen LogP contribution is 2.23. The predicted molar refractivity (Wildman–Crippen MR) is 99.1 cm³/mol. The average molecular weight is 338 g/mol. The molecule has 0 aliphatic rings. The molecular formula is C20H22N2O3. The molecule has 0 radical (unpaired) electrons. The number of hydrogen-bond acceptors (Lipinski definition) is 3. The monoisotopic (exact) mass is 338 g/mol. The Morgan fingerprint density at radius 3 is 2.12 bits per heavy atom. The van der Waals surface area contributed by atoms with Crippen LogP contribution in [0.3, 0.4) is 0 Å². The number of nitrogens with zero attached hydrogens (tertiary/aromatic N) is 1. The molecule has 0 bridgehead atoms. The minimum atomic E-state index is -0.430. The number of amides is 3. The Hall–Kier alpha value is -3.08. The molecule has 130 valence electrons. The van der Waals surface area contributed by atoms with Gasteiger partial charge in [-0.1, -0.05) is 36.4 Å². The van der Waals surface area contributed by atoms with Gasteiger partial charge in [-0.25, -0.2) is 4.79 Å². The van der Waals surface area contributed by atoms with Crippen LogP contribution in [0.2, 0.25) is 0 Å². The van der Waals surface area contributed by atoms with E-state index in [0.717, 1.165) is 27.3 Å². The standard InChI is InChI=1S/C20H22N2O3/c1-4-22(14-23)20(24)21-15(2)13-16-5-7-17(8-6-16)18-9-11-19(25-3)12-10-18/h5-14H,4H2,1-3H3,(H,21,24)/b15-13-. The number of carbonyl (C=O) groups excluding carboxylic acids is 2. The van der Waals surface area contributed by atoms with E-state index >= 15 is 0 Å². The van der Waals surface area contributed by atoms with Crippen LogP contribution >= 0.6 is 0 Å². The third-order valence-electron chi connectivity index (χ3n) is 3.75. The molecule has 0 aliphatic heterocycles. The van der Waals surface area contributed by atoms with Gasteiger partial charge in [0.25, 0.3) is 0 Å². The molecule has 0 aliphatic carbocycles. The molecule has 0 saturated heterocycles. The van der Waals surface area contributed by atoms with Crippen LogP contribution in [0.5, 0.6) is 5.75 Å². The highest BCUT2D eigenvalue weighted by atomic mass is 16.5. The van der Waals surface area contributed by atoms with E-state index in [2.05, 4.69) is 5.32 Å². The van der Waals surface area contributed by atoms with Crippen molar-refractivity contribution >= 4 is 18.5 Å². The molecule has 2 rings (SSSR count). The Kier molecular flexibility index (Phi) is 6.34. The topological polar surface area (TPSA) is 58.6 Å². The minimum absolute atomic E-state index is 0.333. The highest BCUT2D eigenvalue weighted by molar-refractivity contribution is 5.86. The van der Waals surface area contributed by atoms with Crippen molar-refractivity contribution in [2.24, 2.45) is 0 Å². The van der Waals surface area contributed by atoms with Gasteiger partial charge in [-0.3, -0.25) is 9.69 Å². The van der Waals surface area contributed by atoms with Crippen molar-refractivity contribution < 1.29 is 14.3 Å². The van der Waals surface area contributed by atoms with E-state index in [1.165, 1.54) is 0 Å². The van der Waals surface area contributed by atoms with E-state index in [-0.39, 0.29) is 0 Å². The summed E-state index contributed by atoms with van der Waals surface area (Å²) in [4.78, 5) is 23.7. The summed E-state index contributed by atoms with van der Waals surface area (Å²) >= 11 is 0. The molecule has 0 atom stereocenters. The smallest absolute Gasteiger partial charge is 0.328 e. The molecule has 0 heterocycles. The van der Waals surface area contributed by atoms with Gasteiger partial charge in [0.15, 0.2) is 0 Å². The molecule has 5 heteroatoms. The number of hydrogen-bond donors (Lipinski definition) is 1. The lowest BCUT2D eigenvalue weighted by molar-refractivity contribution is -0.115. The second-order valence-corrected chi connectivity index (χ2v) is 5.50. The fraction of sp³-hybridized carbons (Fsp3) is 0.200. The van der Waals surface area contributed by atoms with Gasteiger partial charge in [0.05, 0.1) is 7.11 Å². The third kappa shape index (κ3) is 4.94. The Morgan fingerprint density at radius 1 is 1.08 bits per heavy atom. The number of benzene rings is 2. The van der Waals surface area contributed by atoms with Crippen LogP contribution in [0.25, 0.3) is 17.2 Å². The number of carbonyl (C=O) groups is 2. The zero-order valence-electron chi connectivity index (χ0n) is 14.7. The van der Waals surface area contributed by atoms with Crippen molar-refractivity contribution in [3.05, 3.63) is 59.8 Å². The molecule has 3 amide bonds. The summed E-state index contributed by atoms with van der Waals surface area (Å²) in [5.74, 6) is 0.825. The normalized spacial score (nSPS) is 10.9. The minimum Gasteiger partial charge on any atom is -0.497 e. The Morgan fingerprint density at radius 2 is 1.64 bits per heavy atom. The van der Waals surface area contributed by atoms with Crippen LogP contribution in [-0.2, 0) is 4.79 Å². The number of urea groups is 1. The SMILES string of the molecule is CCN(C=O)C(=O)N/C(C)=C\c1ccc(-c2ccc(OC)cc2)cc1. The molecule has 25 heavy (non-hydrogen) atoms. The van der Waals surface area contributed by atoms with E-state index in [4.69, 9.17) is 4.74 Å². The Balaban J connectivity index is 2.08. The third-order valence-corrected chi connectivity index (χ3v) is 3.75. The largest absolute Gasteiger partial charge is 0.497 e.